The van der Waals surface area contributed by atoms with E-state index in [0.717, 1.165) is 4.47 Å². The molecule has 2 aromatic carbocycles. The minimum absolute atomic E-state index is 0.0423. The summed E-state index contributed by atoms with van der Waals surface area (Å²) in [5.74, 6) is 0.444. The molecule has 101 valence electrons. The maximum atomic E-state index is 12.2. The first-order chi connectivity index (χ1) is 9.58. The Bertz CT molecular complexity index is 603. The van der Waals surface area contributed by atoms with Gasteiger partial charge in [-0.25, -0.2) is 0 Å². The fourth-order valence-electron chi connectivity index (χ4n) is 1.89. The van der Waals surface area contributed by atoms with Gasteiger partial charge in [-0.3, -0.25) is 9.59 Å². The van der Waals surface area contributed by atoms with Crippen molar-refractivity contribution >= 4 is 27.5 Å². The second-order valence-corrected chi connectivity index (χ2v) is 5.50. The van der Waals surface area contributed by atoms with E-state index in [0.29, 0.717) is 17.0 Å². The molecule has 20 heavy (non-hydrogen) atoms. The van der Waals surface area contributed by atoms with Gasteiger partial charge in [0.15, 0.2) is 11.6 Å². The monoisotopic (exact) mass is 329 g/mol. The molecule has 2 aromatic rings. The number of carbonyl (C=O) groups is 2. The van der Waals surface area contributed by atoms with Crippen LogP contribution in [0.25, 0.3) is 0 Å². The molecule has 0 atom stereocenters. The van der Waals surface area contributed by atoms with E-state index in [4.69, 9.17) is 0 Å². The zero-order valence-electron chi connectivity index (χ0n) is 11.1. The zero-order valence-corrected chi connectivity index (χ0v) is 12.7. The number of carbonyl (C=O) groups excluding carboxylic acids is 2. The van der Waals surface area contributed by atoms with Gasteiger partial charge in [0, 0.05) is 22.0 Å². The summed E-state index contributed by atoms with van der Waals surface area (Å²) >= 11 is 3.33. The van der Waals surface area contributed by atoms with Crippen LogP contribution in [-0.2, 0) is 0 Å². The largest absolute Gasteiger partial charge is 0.294 e. The Morgan fingerprint density at radius 2 is 1.50 bits per heavy atom. The van der Waals surface area contributed by atoms with Gasteiger partial charge in [-0.05, 0) is 12.1 Å². The first-order valence-electron chi connectivity index (χ1n) is 6.29. The number of benzene rings is 2. The fourth-order valence-corrected chi connectivity index (χ4v) is 2.16. The molecule has 0 heterocycles. The average molecular weight is 330 g/mol. The second kappa shape index (κ2) is 6.62. The molecule has 0 unspecified atom stereocenters. The van der Waals surface area contributed by atoms with Gasteiger partial charge in [-0.1, -0.05) is 65.3 Å². The summed E-state index contributed by atoms with van der Waals surface area (Å²) < 4.78 is 0.926. The van der Waals surface area contributed by atoms with E-state index in [1.807, 2.05) is 30.3 Å². The lowest BCUT2D eigenvalue weighted by Crippen LogP contribution is -2.14. The van der Waals surface area contributed by atoms with Crippen molar-refractivity contribution < 1.29 is 9.59 Å². The van der Waals surface area contributed by atoms with E-state index >= 15 is 0 Å². The third-order valence-corrected chi connectivity index (χ3v) is 3.54. The molecule has 0 N–H and O–H groups in total. The molecular formula is C17H14BrO2. The van der Waals surface area contributed by atoms with Crippen LogP contribution in [0.2, 0.25) is 0 Å². The molecule has 0 fully saturated rings. The van der Waals surface area contributed by atoms with Crippen LogP contribution in [0.15, 0.2) is 59.1 Å². The molecule has 0 aliphatic heterocycles. The smallest absolute Gasteiger partial charge is 0.170 e. The van der Waals surface area contributed by atoms with Crippen LogP contribution in [0.3, 0.4) is 0 Å². The molecule has 0 amide bonds. The first-order valence-corrected chi connectivity index (χ1v) is 7.08. The van der Waals surface area contributed by atoms with Crippen molar-refractivity contribution in [3.63, 3.8) is 0 Å². The molecule has 0 bridgehead atoms. The zero-order chi connectivity index (χ0) is 14.5. The molecular weight excluding hydrogens is 316 g/mol. The Hall–Kier alpha value is -1.74. The molecule has 0 saturated carbocycles. The van der Waals surface area contributed by atoms with Crippen molar-refractivity contribution in [2.24, 2.45) is 0 Å². The Morgan fingerprint density at radius 3 is 2.10 bits per heavy atom. The van der Waals surface area contributed by atoms with Gasteiger partial charge in [0.1, 0.15) is 0 Å². The molecule has 0 aliphatic rings. The highest BCUT2D eigenvalue weighted by Gasteiger charge is 2.19. The van der Waals surface area contributed by atoms with Crippen LogP contribution >= 0.6 is 15.9 Å². The van der Waals surface area contributed by atoms with Crippen LogP contribution in [0.5, 0.6) is 0 Å². The lowest BCUT2D eigenvalue weighted by Gasteiger charge is -2.09. The Balaban J connectivity index is 2.04. The molecule has 2 nitrogen and oxygen atoms in total. The van der Waals surface area contributed by atoms with Gasteiger partial charge in [0.2, 0.25) is 0 Å². The molecule has 2 rings (SSSR count). The Morgan fingerprint density at radius 1 is 0.900 bits per heavy atom. The highest BCUT2D eigenvalue weighted by molar-refractivity contribution is 9.10. The average Bonchev–Trinajstić information content (AvgIpc) is 2.48. The van der Waals surface area contributed by atoms with Crippen molar-refractivity contribution in [2.75, 3.05) is 0 Å². The van der Waals surface area contributed by atoms with Gasteiger partial charge < -0.3 is 0 Å². The summed E-state index contributed by atoms with van der Waals surface area (Å²) in [6.07, 6.45) is 0.148. The highest BCUT2D eigenvalue weighted by Crippen LogP contribution is 2.18. The summed E-state index contributed by atoms with van der Waals surface area (Å²) in [6.45, 7) is 1.71. The lowest BCUT2D eigenvalue weighted by molar-refractivity contribution is 0.0939. The third-order valence-electron chi connectivity index (χ3n) is 3.02. The molecule has 0 aliphatic carbocycles. The Kier molecular flexibility index (Phi) is 4.85. The number of hydrogen-bond donors (Lipinski definition) is 0. The van der Waals surface area contributed by atoms with Crippen LogP contribution in [-0.4, -0.2) is 11.6 Å². The number of hydrogen-bond acceptors (Lipinski definition) is 2. The highest BCUT2D eigenvalue weighted by atomic mass is 79.9. The summed E-state index contributed by atoms with van der Waals surface area (Å²) in [5.41, 5.74) is 1.24. The lowest BCUT2D eigenvalue weighted by atomic mass is 9.92. The predicted octanol–water partition coefficient (Wildman–Crippen LogP) is 4.50. The number of Topliss-reactive ketones (excluding diaryl/α,β-unsaturated/α-hetero) is 2. The van der Waals surface area contributed by atoms with Crippen LogP contribution in [0.4, 0.5) is 0 Å². The normalized spacial score (nSPS) is 10.6. The molecule has 3 heteroatoms. The minimum Gasteiger partial charge on any atom is -0.294 e. The van der Waals surface area contributed by atoms with E-state index in [2.05, 4.69) is 15.9 Å². The Labute approximate surface area is 127 Å². The van der Waals surface area contributed by atoms with Crippen LogP contribution < -0.4 is 0 Å². The van der Waals surface area contributed by atoms with E-state index < -0.39 is 0 Å². The van der Waals surface area contributed by atoms with Gasteiger partial charge in [0.05, 0.1) is 5.92 Å². The number of rotatable bonds is 5. The van der Waals surface area contributed by atoms with Crippen molar-refractivity contribution in [3.05, 3.63) is 76.1 Å². The molecule has 1 radical (unpaired) electrons. The second-order valence-electron chi connectivity index (χ2n) is 4.58. The van der Waals surface area contributed by atoms with Crippen LogP contribution in [0, 0.1) is 5.92 Å². The summed E-state index contributed by atoms with van der Waals surface area (Å²) in [6, 6.07) is 16.2. The van der Waals surface area contributed by atoms with Crippen LogP contribution in [0.1, 0.15) is 34.1 Å². The summed E-state index contributed by atoms with van der Waals surface area (Å²) in [4.78, 5) is 24.3. The van der Waals surface area contributed by atoms with Crippen molar-refractivity contribution in [3.8, 4) is 0 Å². The van der Waals surface area contributed by atoms with E-state index in [-0.39, 0.29) is 18.0 Å². The minimum atomic E-state index is -0.0731. The SMILES string of the molecule is C[C](CC(=O)c1ccc(Br)cc1)C(=O)c1ccccc1. The van der Waals surface area contributed by atoms with Gasteiger partial charge in [-0.2, -0.15) is 0 Å². The topological polar surface area (TPSA) is 34.1 Å². The number of ketones is 2. The van der Waals surface area contributed by atoms with E-state index in [9.17, 15) is 9.59 Å². The predicted molar refractivity (Wildman–Crippen MR) is 82.8 cm³/mol. The fraction of sp³-hybridized carbons (Fsp3) is 0.118. The summed E-state index contributed by atoms with van der Waals surface area (Å²) in [7, 11) is 0. The molecule has 0 saturated heterocycles. The number of halogens is 1. The standard InChI is InChI=1S/C17H14BrO2/c1-12(17(20)14-5-3-2-4-6-14)11-16(19)13-7-9-15(18)10-8-13/h2-10H,11H2,1H3. The quantitative estimate of drug-likeness (QED) is 0.757. The van der Waals surface area contributed by atoms with Gasteiger partial charge in [0.25, 0.3) is 0 Å². The molecule has 0 spiro atoms. The third kappa shape index (κ3) is 3.64. The first kappa shape index (κ1) is 14.7. The van der Waals surface area contributed by atoms with Crippen molar-refractivity contribution in [1.82, 2.24) is 0 Å². The summed E-state index contributed by atoms with van der Waals surface area (Å²) in [5, 5.41) is 0. The molecule has 0 aromatic heterocycles. The maximum Gasteiger partial charge on any atom is 0.170 e. The van der Waals surface area contributed by atoms with Crippen molar-refractivity contribution in [2.45, 2.75) is 13.3 Å². The van der Waals surface area contributed by atoms with E-state index in [1.54, 1.807) is 31.2 Å². The van der Waals surface area contributed by atoms with Gasteiger partial charge in [-0.15, -0.1) is 0 Å². The van der Waals surface area contributed by atoms with Crippen molar-refractivity contribution in [1.29, 1.82) is 0 Å². The van der Waals surface area contributed by atoms with E-state index in [1.165, 1.54) is 0 Å². The maximum absolute atomic E-state index is 12.2. The van der Waals surface area contributed by atoms with Gasteiger partial charge >= 0.3 is 0 Å².